The number of aromatic nitrogens is 1. The molecule has 0 fully saturated rings. The molecule has 14 heavy (non-hydrogen) atoms. The molecular formula is C11H11Cl2N. The van der Waals surface area contributed by atoms with E-state index in [1.54, 1.807) is 0 Å². The first-order chi connectivity index (χ1) is 6.65. The molecule has 1 heterocycles. The van der Waals surface area contributed by atoms with Gasteiger partial charge in [0.25, 0.3) is 0 Å². The standard InChI is InChI=1S/C11H11Cl2N/c1-3-14-10-5-4-8(12)6-9(10)7(2)11(14)13/h4-6H,3H2,1-2H3. The zero-order valence-corrected chi connectivity index (χ0v) is 9.65. The number of benzene rings is 1. The molecule has 74 valence electrons. The molecule has 1 nitrogen and oxygen atoms in total. The van der Waals surface area contributed by atoms with Crippen molar-refractivity contribution in [3.63, 3.8) is 0 Å². The summed E-state index contributed by atoms with van der Waals surface area (Å²) in [7, 11) is 0. The van der Waals surface area contributed by atoms with Crippen LogP contribution in [0.5, 0.6) is 0 Å². The van der Waals surface area contributed by atoms with Gasteiger partial charge in [0.05, 0.1) is 0 Å². The van der Waals surface area contributed by atoms with Crippen LogP contribution >= 0.6 is 23.2 Å². The van der Waals surface area contributed by atoms with Gasteiger partial charge in [-0.3, -0.25) is 0 Å². The summed E-state index contributed by atoms with van der Waals surface area (Å²) in [5.41, 5.74) is 2.26. The van der Waals surface area contributed by atoms with Crippen LogP contribution in [0.1, 0.15) is 12.5 Å². The highest BCUT2D eigenvalue weighted by Crippen LogP contribution is 2.30. The second-order valence-electron chi connectivity index (χ2n) is 3.32. The Kier molecular flexibility index (Phi) is 2.46. The number of nitrogens with zero attached hydrogens (tertiary/aromatic N) is 1. The van der Waals surface area contributed by atoms with Crippen molar-refractivity contribution in [2.75, 3.05) is 0 Å². The van der Waals surface area contributed by atoms with Crippen LogP contribution in [-0.2, 0) is 6.54 Å². The Labute approximate surface area is 93.2 Å². The van der Waals surface area contributed by atoms with E-state index in [1.165, 1.54) is 0 Å². The molecule has 0 bridgehead atoms. The minimum atomic E-state index is 0.755. The summed E-state index contributed by atoms with van der Waals surface area (Å²) >= 11 is 12.2. The molecule has 0 unspecified atom stereocenters. The van der Waals surface area contributed by atoms with Gasteiger partial charge < -0.3 is 4.57 Å². The van der Waals surface area contributed by atoms with Gasteiger partial charge in [-0.25, -0.2) is 0 Å². The van der Waals surface area contributed by atoms with Crippen LogP contribution in [0, 0.1) is 6.92 Å². The van der Waals surface area contributed by atoms with E-state index in [9.17, 15) is 0 Å². The first-order valence-corrected chi connectivity index (χ1v) is 5.34. The summed E-state index contributed by atoms with van der Waals surface area (Å²) < 4.78 is 2.09. The average Bonchev–Trinajstić information content (AvgIpc) is 2.41. The first-order valence-electron chi connectivity index (χ1n) is 4.59. The van der Waals surface area contributed by atoms with E-state index in [1.807, 2.05) is 25.1 Å². The average molecular weight is 228 g/mol. The van der Waals surface area contributed by atoms with Crippen LogP contribution in [0.25, 0.3) is 10.9 Å². The Bertz CT molecular complexity index is 485. The van der Waals surface area contributed by atoms with Crippen molar-refractivity contribution >= 4 is 34.1 Å². The fourth-order valence-electron chi connectivity index (χ4n) is 1.77. The number of hydrogen-bond acceptors (Lipinski definition) is 0. The molecule has 0 spiro atoms. The second-order valence-corrected chi connectivity index (χ2v) is 4.12. The zero-order valence-electron chi connectivity index (χ0n) is 8.14. The molecule has 0 aliphatic carbocycles. The Morgan fingerprint density at radius 3 is 2.64 bits per heavy atom. The number of hydrogen-bond donors (Lipinski definition) is 0. The second kappa shape index (κ2) is 3.48. The molecule has 0 amide bonds. The lowest BCUT2D eigenvalue weighted by atomic mass is 10.2. The van der Waals surface area contributed by atoms with Crippen LogP contribution in [0.3, 0.4) is 0 Å². The third kappa shape index (κ3) is 1.32. The molecule has 2 aromatic rings. The lowest BCUT2D eigenvalue weighted by Crippen LogP contribution is -1.92. The molecule has 0 N–H and O–H groups in total. The van der Waals surface area contributed by atoms with Crippen molar-refractivity contribution in [3.8, 4) is 0 Å². The van der Waals surface area contributed by atoms with Crippen LogP contribution in [-0.4, -0.2) is 4.57 Å². The number of aryl methyl sites for hydroxylation is 2. The summed E-state index contributed by atoms with van der Waals surface area (Å²) in [6.45, 7) is 4.98. The van der Waals surface area contributed by atoms with Gasteiger partial charge in [0.2, 0.25) is 0 Å². The predicted octanol–water partition coefficient (Wildman–Crippen LogP) is 4.28. The monoisotopic (exact) mass is 227 g/mol. The summed E-state index contributed by atoms with van der Waals surface area (Å²) in [5, 5.41) is 2.71. The quantitative estimate of drug-likeness (QED) is 0.686. The maximum absolute atomic E-state index is 6.21. The summed E-state index contributed by atoms with van der Waals surface area (Å²) in [6, 6.07) is 5.87. The van der Waals surface area contributed by atoms with E-state index in [-0.39, 0.29) is 0 Å². The van der Waals surface area contributed by atoms with Gasteiger partial charge in [0.1, 0.15) is 5.15 Å². The SMILES string of the molecule is CCn1c(Cl)c(C)c2cc(Cl)ccc21. The van der Waals surface area contributed by atoms with Crippen molar-refractivity contribution < 1.29 is 0 Å². The lowest BCUT2D eigenvalue weighted by molar-refractivity contribution is 0.796. The molecule has 0 saturated carbocycles. The number of fused-ring (bicyclic) bond motifs is 1. The fraction of sp³-hybridized carbons (Fsp3) is 0.273. The third-order valence-electron chi connectivity index (χ3n) is 2.52. The summed E-state index contributed by atoms with van der Waals surface area (Å²) in [5.74, 6) is 0. The Hall–Kier alpha value is -0.660. The van der Waals surface area contributed by atoms with Gasteiger partial charge in [0, 0.05) is 22.5 Å². The van der Waals surface area contributed by atoms with Crippen LogP contribution in [0.4, 0.5) is 0 Å². The summed E-state index contributed by atoms with van der Waals surface area (Å²) in [4.78, 5) is 0. The van der Waals surface area contributed by atoms with E-state index >= 15 is 0 Å². The molecule has 2 rings (SSSR count). The van der Waals surface area contributed by atoms with Gasteiger partial charge in [-0.1, -0.05) is 23.2 Å². The molecule has 0 saturated heterocycles. The zero-order chi connectivity index (χ0) is 10.3. The third-order valence-corrected chi connectivity index (χ3v) is 3.24. The lowest BCUT2D eigenvalue weighted by Gasteiger charge is -2.01. The minimum absolute atomic E-state index is 0.755. The minimum Gasteiger partial charge on any atom is -0.332 e. The Morgan fingerprint density at radius 2 is 2.00 bits per heavy atom. The van der Waals surface area contributed by atoms with Gasteiger partial charge in [-0.15, -0.1) is 0 Å². The smallest absolute Gasteiger partial charge is 0.112 e. The van der Waals surface area contributed by atoms with Crippen LogP contribution in [0.15, 0.2) is 18.2 Å². The topological polar surface area (TPSA) is 4.93 Å². The highest BCUT2D eigenvalue weighted by molar-refractivity contribution is 6.33. The van der Waals surface area contributed by atoms with Crippen molar-refractivity contribution in [2.24, 2.45) is 0 Å². The highest BCUT2D eigenvalue weighted by atomic mass is 35.5. The maximum Gasteiger partial charge on any atom is 0.112 e. The van der Waals surface area contributed by atoms with E-state index in [2.05, 4.69) is 11.5 Å². The van der Waals surface area contributed by atoms with E-state index < -0.39 is 0 Å². The normalized spacial score (nSPS) is 11.1. The van der Waals surface area contributed by atoms with Gasteiger partial charge in [0.15, 0.2) is 0 Å². The van der Waals surface area contributed by atoms with Crippen molar-refractivity contribution in [1.29, 1.82) is 0 Å². The fourth-order valence-corrected chi connectivity index (χ4v) is 2.26. The predicted molar refractivity (Wildman–Crippen MR) is 62.4 cm³/mol. The van der Waals surface area contributed by atoms with Crippen molar-refractivity contribution in [1.82, 2.24) is 4.57 Å². The Morgan fingerprint density at radius 1 is 1.29 bits per heavy atom. The van der Waals surface area contributed by atoms with E-state index in [0.717, 1.165) is 33.2 Å². The van der Waals surface area contributed by atoms with E-state index in [0.29, 0.717) is 0 Å². The molecule has 3 heteroatoms. The maximum atomic E-state index is 6.21. The molecule has 0 radical (unpaired) electrons. The molecule has 0 aliphatic rings. The number of halogens is 2. The van der Waals surface area contributed by atoms with Gasteiger partial charge in [-0.05, 0) is 37.6 Å². The summed E-state index contributed by atoms with van der Waals surface area (Å²) in [6.07, 6.45) is 0. The molecule has 0 atom stereocenters. The van der Waals surface area contributed by atoms with Crippen LogP contribution < -0.4 is 0 Å². The van der Waals surface area contributed by atoms with Crippen molar-refractivity contribution in [3.05, 3.63) is 33.9 Å². The number of rotatable bonds is 1. The largest absolute Gasteiger partial charge is 0.332 e. The highest BCUT2D eigenvalue weighted by Gasteiger charge is 2.10. The first kappa shape index (κ1) is 9.88. The van der Waals surface area contributed by atoms with Gasteiger partial charge in [-0.2, -0.15) is 0 Å². The van der Waals surface area contributed by atoms with Crippen molar-refractivity contribution in [2.45, 2.75) is 20.4 Å². The van der Waals surface area contributed by atoms with Crippen LogP contribution in [0.2, 0.25) is 10.2 Å². The molecular weight excluding hydrogens is 217 g/mol. The molecule has 1 aromatic heterocycles. The molecule has 1 aromatic carbocycles. The van der Waals surface area contributed by atoms with Gasteiger partial charge >= 0.3 is 0 Å². The van der Waals surface area contributed by atoms with E-state index in [4.69, 9.17) is 23.2 Å². The molecule has 0 aliphatic heterocycles. The Balaban J connectivity index is 2.88.